The van der Waals surface area contributed by atoms with Gasteiger partial charge in [0.25, 0.3) is 0 Å². The van der Waals surface area contributed by atoms with E-state index in [2.05, 4.69) is 206 Å². The van der Waals surface area contributed by atoms with E-state index in [1.807, 2.05) is 18.3 Å². The second-order valence-electron chi connectivity index (χ2n) is 15.9. The average molecular weight is 808 g/mol. The smallest absolute Gasteiger partial charge is 0.160 e. The van der Waals surface area contributed by atoms with E-state index in [4.69, 9.17) is 15.0 Å². The predicted octanol–water partition coefficient (Wildman–Crippen LogP) is 14.9. The van der Waals surface area contributed by atoms with Crippen molar-refractivity contribution >= 4 is 31.6 Å². The average Bonchev–Trinajstić information content (AvgIpc) is 3.89. The van der Waals surface area contributed by atoms with Crippen molar-refractivity contribution in [2.45, 2.75) is 5.41 Å². The highest BCUT2D eigenvalue weighted by atomic mass is 32.1. The van der Waals surface area contributed by atoms with Gasteiger partial charge in [0.1, 0.15) is 0 Å². The van der Waals surface area contributed by atoms with Crippen molar-refractivity contribution in [2.24, 2.45) is 0 Å². The molecule has 0 amide bonds. The first-order valence-electron chi connectivity index (χ1n) is 21.0. The largest absolute Gasteiger partial charge is 0.255 e. The molecule has 0 aliphatic heterocycles. The van der Waals surface area contributed by atoms with E-state index in [1.165, 1.54) is 43.5 Å². The molecule has 3 nitrogen and oxygen atoms in total. The van der Waals surface area contributed by atoms with E-state index in [0.29, 0.717) is 5.82 Å². The Morgan fingerprint density at radius 1 is 0.371 bits per heavy atom. The van der Waals surface area contributed by atoms with Gasteiger partial charge in [0.15, 0.2) is 5.82 Å². The Balaban J connectivity index is 1.13. The minimum absolute atomic E-state index is 0.517. The molecular formula is C58H37N3S. The van der Waals surface area contributed by atoms with Gasteiger partial charge in [-0.2, -0.15) is 0 Å². The number of pyridine rings is 1. The molecule has 0 radical (unpaired) electrons. The Kier molecular flexibility index (Phi) is 8.58. The Morgan fingerprint density at radius 3 is 1.63 bits per heavy atom. The summed E-state index contributed by atoms with van der Waals surface area (Å²) in [6.07, 6.45) is 1.95. The van der Waals surface area contributed by atoms with E-state index in [0.717, 1.165) is 60.5 Å². The molecule has 290 valence electrons. The molecule has 0 spiro atoms. The van der Waals surface area contributed by atoms with E-state index in [9.17, 15) is 0 Å². The lowest BCUT2D eigenvalue weighted by Gasteiger charge is -2.34. The Labute approximate surface area is 364 Å². The second-order valence-corrected chi connectivity index (χ2v) is 17.0. The van der Waals surface area contributed by atoms with Crippen LogP contribution in [0, 0.1) is 0 Å². The van der Waals surface area contributed by atoms with Crippen LogP contribution in [-0.2, 0) is 5.41 Å². The van der Waals surface area contributed by atoms with Crippen molar-refractivity contribution in [3.05, 3.63) is 247 Å². The maximum absolute atomic E-state index is 5.33. The first kappa shape index (κ1) is 36.1. The number of fused-ring (bicyclic) bond motifs is 6. The quantitative estimate of drug-likeness (QED) is 0.161. The van der Waals surface area contributed by atoms with Gasteiger partial charge in [-0.3, -0.25) is 4.98 Å². The number of hydrogen-bond acceptors (Lipinski definition) is 4. The van der Waals surface area contributed by atoms with Gasteiger partial charge in [0.05, 0.1) is 27.0 Å². The van der Waals surface area contributed by atoms with E-state index in [1.54, 1.807) is 11.3 Å². The van der Waals surface area contributed by atoms with Crippen LogP contribution >= 0.6 is 11.3 Å². The summed E-state index contributed by atoms with van der Waals surface area (Å²) in [5.41, 5.74) is 17.3. The molecule has 12 rings (SSSR count). The van der Waals surface area contributed by atoms with Crippen molar-refractivity contribution in [2.75, 3.05) is 0 Å². The Bertz CT molecular complexity index is 3350. The molecule has 3 aromatic heterocycles. The highest BCUT2D eigenvalue weighted by Crippen LogP contribution is 2.57. The van der Waals surface area contributed by atoms with Crippen LogP contribution in [0.5, 0.6) is 0 Å². The number of thiophene rings is 1. The summed E-state index contributed by atoms with van der Waals surface area (Å²) in [6, 6.07) is 78.5. The molecular weight excluding hydrogens is 771 g/mol. The fraction of sp³-hybridized carbons (Fsp3) is 0.0172. The van der Waals surface area contributed by atoms with Gasteiger partial charge < -0.3 is 0 Å². The zero-order valence-electron chi connectivity index (χ0n) is 33.6. The second kappa shape index (κ2) is 14.7. The zero-order chi connectivity index (χ0) is 41.0. The van der Waals surface area contributed by atoms with Crippen LogP contribution in [0.2, 0.25) is 0 Å². The topological polar surface area (TPSA) is 38.7 Å². The van der Waals surface area contributed by atoms with Gasteiger partial charge in [-0.05, 0) is 92.5 Å². The third-order valence-corrected chi connectivity index (χ3v) is 13.6. The van der Waals surface area contributed by atoms with Crippen molar-refractivity contribution in [1.82, 2.24) is 15.0 Å². The summed E-state index contributed by atoms with van der Waals surface area (Å²) in [5, 5.41) is 1.17. The number of nitrogens with zero attached hydrogens (tertiary/aromatic N) is 3. The molecule has 8 aromatic carbocycles. The third kappa shape index (κ3) is 5.83. The summed E-state index contributed by atoms with van der Waals surface area (Å²) in [7, 11) is 0. The van der Waals surface area contributed by atoms with Gasteiger partial charge >= 0.3 is 0 Å². The summed E-state index contributed by atoms with van der Waals surface area (Å²) in [5.74, 6) is 0.673. The monoisotopic (exact) mass is 807 g/mol. The fourth-order valence-corrected chi connectivity index (χ4v) is 10.8. The SMILES string of the molecule is c1ccc(-c2cc(-c3ccccc3)nc(-c3cc(-c4ccc5c(c4)C(c4ccccc4)(c4ccccc4)c4ccccc4-5)cc(-c4ccnc5c4sc4ccccc45)c3)n2)cc1. The molecule has 0 N–H and O–H groups in total. The molecule has 3 heterocycles. The van der Waals surface area contributed by atoms with Crippen molar-refractivity contribution in [1.29, 1.82) is 0 Å². The summed E-state index contributed by atoms with van der Waals surface area (Å²) in [6.45, 7) is 0. The van der Waals surface area contributed by atoms with Crippen molar-refractivity contribution in [3.8, 4) is 67.3 Å². The molecule has 4 heteroatoms. The predicted molar refractivity (Wildman–Crippen MR) is 257 cm³/mol. The summed E-state index contributed by atoms with van der Waals surface area (Å²) >= 11 is 1.80. The van der Waals surface area contributed by atoms with Crippen molar-refractivity contribution in [3.63, 3.8) is 0 Å². The van der Waals surface area contributed by atoms with Gasteiger partial charge in [-0.15, -0.1) is 11.3 Å². The molecule has 62 heavy (non-hydrogen) atoms. The molecule has 1 aliphatic rings. The third-order valence-electron chi connectivity index (χ3n) is 12.4. The van der Waals surface area contributed by atoms with Crippen LogP contribution in [0.25, 0.3) is 87.6 Å². The van der Waals surface area contributed by atoms with Gasteiger partial charge in [-0.25, -0.2) is 9.97 Å². The molecule has 0 fully saturated rings. The number of rotatable bonds is 7. The first-order valence-corrected chi connectivity index (χ1v) is 21.8. The normalized spacial score (nSPS) is 12.6. The van der Waals surface area contributed by atoms with Crippen LogP contribution in [0.3, 0.4) is 0 Å². The van der Waals surface area contributed by atoms with E-state index in [-0.39, 0.29) is 0 Å². The summed E-state index contributed by atoms with van der Waals surface area (Å²) in [4.78, 5) is 15.6. The number of hydrogen-bond donors (Lipinski definition) is 0. The van der Waals surface area contributed by atoms with Gasteiger partial charge in [0, 0.05) is 38.5 Å². The maximum atomic E-state index is 5.33. The van der Waals surface area contributed by atoms with E-state index < -0.39 is 5.41 Å². The minimum atomic E-state index is -0.517. The van der Waals surface area contributed by atoms with Gasteiger partial charge in [-0.1, -0.05) is 176 Å². The highest BCUT2D eigenvalue weighted by molar-refractivity contribution is 7.26. The van der Waals surface area contributed by atoms with E-state index >= 15 is 0 Å². The molecule has 0 saturated heterocycles. The van der Waals surface area contributed by atoms with Gasteiger partial charge in [0.2, 0.25) is 0 Å². The molecule has 0 bridgehead atoms. The number of benzene rings is 8. The molecule has 0 unspecified atom stereocenters. The standard InChI is InChI=1S/C58H37N3S/c1-5-17-38(18-6-1)52-37-53(39-19-7-2-8-20-39)61-57(60-52)43-34-41(33-42(35-43)46-31-32-59-55-49-26-14-16-28-54(49)62-56(46)55)40-29-30-48-47-25-13-15-27-50(47)58(51(48)36-40,44-21-9-3-10-22-44)45-23-11-4-12-24-45/h1-37H. The Morgan fingerprint density at radius 2 is 0.935 bits per heavy atom. The molecule has 11 aromatic rings. The lowest BCUT2D eigenvalue weighted by Crippen LogP contribution is -2.28. The molecule has 1 aliphatic carbocycles. The molecule has 0 atom stereocenters. The van der Waals surface area contributed by atoms with Crippen LogP contribution in [0.15, 0.2) is 225 Å². The number of aromatic nitrogens is 3. The fourth-order valence-electron chi connectivity index (χ4n) is 9.62. The lowest BCUT2D eigenvalue weighted by atomic mass is 9.67. The Hall–Kier alpha value is -7.79. The van der Waals surface area contributed by atoms with Crippen LogP contribution < -0.4 is 0 Å². The molecule has 0 saturated carbocycles. The maximum Gasteiger partial charge on any atom is 0.160 e. The van der Waals surface area contributed by atoms with Crippen LogP contribution in [-0.4, -0.2) is 15.0 Å². The summed E-state index contributed by atoms with van der Waals surface area (Å²) < 4.78 is 2.39. The van der Waals surface area contributed by atoms with Crippen molar-refractivity contribution < 1.29 is 0 Å². The first-order chi connectivity index (χ1) is 30.7. The zero-order valence-corrected chi connectivity index (χ0v) is 34.4. The lowest BCUT2D eigenvalue weighted by molar-refractivity contribution is 0.769. The van der Waals surface area contributed by atoms with Crippen LogP contribution in [0.1, 0.15) is 22.3 Å². The van der Waals surface area contributed by atoms with Crippen LogP contribution in [0.4, 0.5) is 0 Å². The highest BCUT2D eigenvalue weighted by Gasteiger charge is 2.46. The minimum Gasteiger partial charge on any atom is -0.255 e.